The van der Waals surface area contributed by atoms with Gasteiger partial charge in [0.15, 0.2) is 0 Å². The molecule has 1 fully saturated rings. The second-order valence-corrected chi connectivity index (χ2v) is 4.78. The van der Waals surface area contributed by atoms with Crippen LogP contribution in [0, 0.1) is 0 Å². The SMILES string of the molecule is CCOC(=O)C1C(=O)N(C)CC(=O)N1C(=O)c1ccccc1. The first-order valence-electron chi connectivity index (χ1n) is 6.80. The summed E-state index contributed by atoms with van der Waals surface area (Å²) in [7, 11) is 1.40. The first kappa shape index (κ1) is 15.7. The Bertz CT molecular complexity index is 614. The number of imide groups is 1. The van der Waals surface area contributed by atoms with E-state index in [1.807, 2.05) is 0 Å². The molecule has 116 valence electrons. The van der Waals surface area contributed by atoms with Gasteiger partial charge in [0.1, 0.15) is 0 Å². The quantitative estimate of drug-likeness (QED) is 0.448. The van der Waals surface area contributed by atoms with Crippen LogP contribution in [0.4, 0.5) is 0 Å². The van der Waals surface area contributed by atoms with Gasteiger partial charge in [0.05, 0.1) is 13.2 Å². The molecule has 0 spiro atoms. The highest BCUT2D eigenvalue weighted by Crippen LogP contribution is 2.17. The third-order valence-corrected chi connectivity index (χ3v) is 3.26. The number of amides is 3. The molecule has 0 saturated carbocycles. The first-order valence-corrected chi connectivity index (χ1v) is 6.80. The lowest BCUT2D eigenvalue weighted by atomic mass is 10.1. The van der Waals surface area contributed by atoms with Gasteiger partial charge in [-0.15, -0.1) is 0 Å². The van der Waals surface area contributed by atoms with E-state index in [2.05, 4.69) is 0 Å². The number of hydrogen-bond donors (Lipinski definition) is 0. The Kier molecular flexibility index (Phi) is 4.55. The van der Waals surface area contributed by atoms with Crippen LogP contribution < -0.4 is 0 Å². The van der Waals surface area contributed by atoms with Crippen LogP contribution in [-0.2, 0) is 19.1 Å². The van der Waals surface area contributed by atoms with Gasteiger partial charge in [0.25, 0.3) is 11.8 Å². The van der Waals surface area contributed by atoms with Crippen molar-refractivity contribution in [1.29, 1.82) is 0 Å². The van der Waals surface area contributed by atoms with E-state index < -0.39 is 29.7 Å². The summed E-state index contributed by atoms with van der Waals surface area (Å²) in [6.07, 6.45) is 0. The van der Waals surface area contributed by atoms with Crippen LogP contribution >= 0.6 is 0 Å². The maximum absolute atomic E-state index is 12.5. The average molecular weight is 304 g/mol. The molecular weight excluding hydrogens is 288 g/mol. The maximum Gasteiger partial charge on any atom is 0.339 e. The zero-order chi connectivity index (χ0) is 16.3. The summed E-state index contributed by atoms with van der Waals surface area (Å²) in [5, 5.41) is 0. The van der Waals surface area contributed by atoms with Crippen molar-refractivity contribution in [3.05, 3.63) is 35.9 Å². The molecule has 1 aromatic rings. The molecule has 2 rings (SSSR count). The van der Waals surface area contributed by atoms with Crippen LogP contribution in [-0.4, -0.2) is 59.7 Å². The Balaban J connectivity index is 2.39. The summed E-state index contributed by atoms with van der Waals surface area (Å²) in [6, 6.07) is 6.45. The molecule has 1 heterocycles. The fourth-order valence-electron chi connectivity index (χ4n) is 2.20. The topological polar surface area (TPSA) is 84.0 Å². The highest BCUT2D eigenvalue weighted by atomic mass is 16.5. The Hall–Kier alpha value is -2.70. The molecule has 22 heavy (non-hydrogen) atoms. The van der Waals surface area contributed by atoms with Gasteiger partial charge in [0.2, 0.25) is 11.9 Å². The van der Waals surface area contributed by atoms with Crippen LogP contribution in [0.1, 0.15) is 17.3 Å². The number of ether oxygens (including phenoxy) is 1. The molecule has 7 nitrogen and oxygen atoms in total. The van der Waals surface area contributed by atoms with Gasteiger partial charge >= 0.3 is 5.97 Å². The molecule has 0 N–H and O–H groups in total. The predicted octanol–water partition coefficient (Wildman–Crippen LogP) is 0.0591. The molecule has 1 aliphatic heterocycles. The van der Waals surface area contributed by atoms with E-state index in [1.54, 1.807) is 25.1 Å². The molecule has 0 aromatic heterocycles. The van der Waals surface area contributed by atoms with Crippen molar-refractivity contribution in [2.24, 2.45) is 0 Å². The van der Waals surface area contributed by atoms with Gasteiger partial charge in [-0.2, -0.15) is 0 Å². The average Bonchev–Trinajstić information content (AvgIpc) is 2.51. The second-order valence-electron chi connectivity index (χ2n) is 4.78. The maximum atomic E-state index is 12.5. The minimum Gasteiger partial charge on any atom is -0.464 e. The van der Waals surface area contributed by atoms with Crippen LogP contribution in [0.25, 0.3) is 0 Å². The van der Waals surface area contributed by atoms with E-state index in [-0.39, 0.29) is 18.7 Å². The van der Waals surface area contributed by atoms with Crippen molar-refractivity contribution in [3.8, 4) is 0 Å². The summed E-state index contributed by atoms with van der Waals surface area (Å²) in [6.45, 7) is 1.38. The largest absolute Gasteiger partial charge is 0.464 e. The van der Waals surface area contributed by atoms with Crippen LogP contribution in [0.5, 0.6) is 0 Å². The summed E-state index contributed by atoms with van der Waals surface area (Å²) in [5.74, 6) is -2.85. The van der Waals surface area contributed by atoms with Crippen molar-refractivity contribution in [1.82, 2.24) is 9.80 Å². The number of piperazine rings is 1. The smallest absolute Gasteiger partial charge is 0.339 e. The van der Waals surface area contributed by atoms with Crippen molar-refractivity contribution >= 4 is 23.7 Å². The lowest BCUT2D eigenvalue weighted by Crippen LogP contribution is -2.63. The van der Waals surface area contributed by atoms with Crippen molar-refractivity contribution in [3.63, 3.8) is 0 Å². The van der Waals surface area contributed by atoms with Crippen molar-refractivity contribution in [2.75, 3.05) is 20.2 Å². The number of benzene rings is 1. The van der Waals surface area contributed by atoms with Gasteiger partial charge in [0, 0.05) is 12.6 Å². The number of esters is 1. The van der Waals surface area contributed by atoms with E-state index >= 15 is 0 Å². The third kappa shape index (κ3) is 2.83. The molecular formula is C15H16N2O5. The summed E-state index contributed by atoms with van der Waals surface area (Å²) < 4.78 is 4.83. The van der Waals surface area contributed by atoms with Gasteiger partial charge in [-0.05, 0) is 19.1 Å². The minimum atomic E-state index is -1.57. The number of carbonyl (C=O) groups is 4. The van der Waals surface area contributed by atoms with Gasteiger partial charge < -0.3 is 9.64 Å². The minimum absolute atomic E-state index is 0.0495. The van der Waals surface area contributed by atoms with E-state index in [1.165, 1.54) is 19.2 Å². The molecule has 1 atom stereocenters. The monoisotopic (exact) mass is 304 g/mol. The number of nitrogens with zero attached hydrogens (tertiary/aromatic N) is 2. The Morgan fingerprint density at radius 3 is 2.45 bits per heavy atom. The van der Waals surface area contributed by atoms with E-state index in [0.717, 1.165) is 4.90 Å². The lowest BCUT2D eigenvalue weighted by molar-refractivity contribution is -0.164. The Labute approximate surface area is 127 Å². The number of carbonyl (C=O) groups excluding carboxylic acids is 4. The van der Waals surface area contributed by atoms with E-state index in [9.17, 15) is 19.2 Å². The molecule has 1 saturated heterocycles. The molecule has 0 radical (unpaired) electrons. The standard InChI is InChI=1S/C15H16N2O5/c1-3-22-15(21)12-14(20)16(2)9-11(18)17(12)13(19)10-7-5-4-6-8-10/h4-8,12H,3,9H2,1-2H3. The molecule has 0 bridgehead atoms. The Morgan fingerprint density at radius 1 is 1.23 bits per heavy atom. The van der Waals surface area contributed by atoms with Gasteiger partial charge in [-0.3, -0.25) is 19.3 Å². The third-order valence-electron chi connectivity index (χ3n) is 3.26. The normalized spacial score (nSPS) is 18.4. The second kappa shape index (κ2) is 6.38. The predicted molar refractivity (Wildman–Crippen MR) is 75.7 cm³/mol. The molecule has 3 amide bonds. The molecule has 1 aromatic carbocycles. The van der Waals surface area contributed by atoms with Crippen molar-refractivity contribution in [2.45, 2.75) is 13.0 Å². The van der Waals surface area contributed by atoms with Crippen LogP contribution in [0.2, 0.25) is 0 Å². The fourth-order valence-corrected chi connectivity index (χ4v) is 2.20. The van der Waals surface area contributed by atoms with Crippen molar-refractivity contribution < 1.29 is 23.9 Å². The number of hydrogen-bond acceptors (Lipinski definition) is 5. The van der Waals surface area contributed by atoms with Crippen LogP contribution in [0.3, 0.4) is 0 Å². The highest BCUT2D eigenvalue weighted by molar-refractivity contribution is 6.16. The van der Waals surface area contributed by atoms with E-state index in [4.69, 9.17) is 4.74 Å². The number of likely N-dealkylation sites (N-methyl/N-ethyl adjacent to an activating group) is 1. The fraction of sp³-hybridized carbons (Fsp3) is 0.333. The first-order chi connectivity index (χ1) is 10.5. The van der Waals surface area contributed by atoms with Gasteiger partial charge in [-0.1, -0.05) is 18.2 Å². The Morgan fingerprint density at radius 2 is 1.86 bits per heavy atom. The van der Waals surface area contributed by atoms with E-state index in [0.29, 0.717) is 4.90 Å². The summed E-state index contributed by atoms with van der Waals surface area (Å²) >= 11 is 0. The molecule has 0 aliphatic carbocycles. The summed E-state index contributed by atoms with van der Waals surface area (Å²) in [4.78, 5) is 50.7. The van der Waals surface area contributed by atoms with Crippen LogP contribution in [0.15, 0.2) is 30.3 Å². The zero-order valence-corrected chi connectivity index (χ0v) is 12.3. The molecule has 1 unspecified atom stereocenters. The number of rotatable bonds is 3. The molecule has 1 aliphatic rings. The highest BCUT2D eigenvalue weighted by Gasteiger charge is 2.46. The summed E-state index contributed by atoms with van der Waals surface area (Å²) in [5.41, 5.74) is 0.225. The molecule has 7 heteroatoms. The zero-order valence-electron chi connectivity index (χ0n) is 12.3. The van der Waals surface area contributed by atoms with Gasteiger partial charge in [-0.25, -0.2) is 4.79 Å². The lowest BCUT2D eigenvalue weighted by Gasteiger charge is -2.35.